The summed E-state index contributed by atoms with van der Waals surface area (Å²) in [6, 6.07) is 9.02. The van der Waals surface area contributed by atoms with Crippen LogP contribution in [0.3, 0.4) is 0 Å². The Morgan fingerprint density at radius 1 is 1.10 bits per heavy atom. The Kier molecular flexibility index (Phi) is 4.06. The first kappa shape index (κ1) is 14.6. The third-order valence-electron chi connectivity index (χ3n) is 3.20. The number of thioether (sulfide) groups is 1. The molecule has 110 valence electrons. The first-order chi connectivity index (χ1) is 10.1. The first-order valence-electron chi connectivity index (χ1n) is 6.27. The van der Waals surface area contributed by atoms with Crippen LogP contribution < -0.4 is 4.74 Å². The lowest BCUT2D eigenvalue weighted by atomic mass is 10.0. The molecule has 0 bridgehead atoms. The summed E-state index contributed by atoms with van der Waals surface area (Å²) in [5.41, 5.74) is 0.0636. The molecule has 2 aromatic rings. The third-order valence-corrected chi connectivity index (χ3v) is 4.80. The van der Waals surface area contributed by atoms with Gasteiger partial charge in [-0.05, 0) is 36.4 Å². The number of hydrogen-bond acceptors (Lipinski definition) is 3. The molecule has 1 aliphatic rings. The van der Waals surface area contributed by atoms with E-state index < -0.39 is 23.0 Å². The van der Waals surface area contributed by atoms with Crippen LogP contribution in [-0.2, 0) is 0 Å². The predicted octanol–water partition coefficient (Wildman–Crippen LogP) is 4.20. The van der Waals surface area contributed by atoms with Crippen LogP contribution in [0.25, 0.3) is 0 Å². The Morgan fingerprint density at radius 3 is 2.48 bits per heavy atom. The fourth-order valence-corrected chi connectivity index (χ4v) is 3.49. The molecule has 1 N–H and O–H groups in total. The highest BCUT2D eigenvalue weighted by Gasteiger charge is 2.34. The molecule has 3 rings (SSSR count). The number of rotatable bonds is 2. The summed E-state index contributed by atoms with van der Waals surface area (Å²) in [5, 5.41) is 10.0. The second-order valence-corrected chi connectivity index (χ2v) is 6.29. The van der Waals surface area contributed by atoms with Gasteiger partial charge in [-0.15, -0.1) is 11.8 Å². The Bertz CT molecular complexity index is 663. The van der Waals surface area contributed by atoms with E-state index in [0.717, 1.165) is 17.0 Å². The number of aliphatic hydroxyl groups is 1. The van der Waals surface area contributed by atoms with Gasteiger partial charge in [-0.25, -0.2) is 8.78 Å². The number of halogens is 3. The van der Waals surface area contributed by atoms with Crippen molar-refractivity contribution in [2.45, 2.75) is 16.2 Å². The van der Waals surface area contributed by atoms with Crippen LogP contribution >= 0.6 is 23.4 Å². The molecule has 0 radical (unpaired) electrons. The van der Waals surface area contributed by atoms with Gasteiger partial charge in [0.25, 0.3) is 0 Å². The lowest BCUT2D eigenvalue weighted by molar-refractivity contribution is 0.0846. The average molecular weight is 329 g/mol. The zero-order valence-electron chi connectivity index (χ0n) is 10.7. The highest BCUT2D eigenvalue weighted by atomic mass is 35.5. The maximum atomic E-state index is 14.0. The second-order valence-electron chi connectivity index (χ2n) is 4.64. The van der Waals surface area contributed by atoms with Gasteiger partial charge in [-0.2, -0.15) is 0 Å². The molecule has 1 aliphatic heterocycles. The summed E-state index contributed by atoms with van der Waals surface area (Å²) in [5.74, 6) is -1.33. The van der Waals surface area contributed by atoms with E-state index in [1.807, 2.05) is 0 Å². The van der Waals surface area contributed by atoms with Crippen LogP contribution in [0.5, 0.6) is 5.75 Å². The molecule has 0 amide bonds. The van der Waals surface area contributed by atoms with Gasteiger partial charge in [0.1, 0.15) is 18.5 Å². The van der Waals surface area contributed by atoms with Gasteiger partial charge in [0.05, 0.1) is 5.25 Å². The fourth-order valence-electron chi connectivity index (χ4n) is 2.21. The molecule has 21 heavy (non-hydrogen) atoms. The molecule has 0 aromatic heterocycles. The molecule has 2 nitrogen and oxygen atoms in total. The smallest absolute Gasteiger partial charge is 0.165 e. The van der Waals surface area contributed by atoms with Crippen LogP contribution in [0.4, 0.5) is 8.78 Å². The summed E-state index contributed by atoms with van der Waals surface area (Å²) in [4.78, 5) is 0.806. The number of hydrogen-bond donors (Lipinski definition) is 1. The molecule has 0 saturated heterocycles. The summed E-state index contributed by atoms with van der Waals surface area (Å²) in [7, 11) is 0. The van der Waals surface area contributed by atoms with Crippen molar-refractivity contribution in [1.29, 1.82) is 0 Å². The molecular formula is C15H11ClF2O2S. The van der Waals surface area contributed by atoms with Crippen molar-refractivity contribution < 1.29 is 18.6 Å². The van der Waals surface area contributed by atoms with Gasteiger partial charge in [0, 0.05) is 15.5 Å². The van der Waals surface area contributed by atoms with E-state index >= 15 is 0 Å². The zero-order chi connectivity index (χ0) is 15.0. The summed E-state index contributed by atoms with van der Waals surface area (Å²) in [6.45, 7) is -0.0708. The Hall–Kier alpha value is -1.30. The molecule has 0 spiro atoms. The molecule has 2 atom stereocenters. The lowest BCUT2D eigenvalue weighted by Gasteiger charge is -2.30. The van der Waals surface area contributed by atoms with Gasteiger partial charge < -0.3 is 9.84 Å². The van der Waals surface area contributed by atoms with Gasteiger partial charge in [-0.3, -0.25) is 0 Å². The number of benzene rings is 2. The monoisotopic (exact) mass is 328 g/mol. The van der Waals surface area contributed by atoms with Crippen molar-refractivity contribution in [3.05, 3.63) is 58.6 Å². The summed E-state index contributed by atoms with van der Waals surface area (Å²) in [6.07, 6.45) is -0.922. The highest BCUT2D eigenvalue weighted by molar-refractivity contribution is 7.99. The van der Waals surface area contributed by atoms with E-state index in [2.05, 4.69) is 0 Å². The molecule has 0 aliphatic carbocycles. The Labute approximate surface area is 129 Å². The molecular weight excluding hydrogens is 318 g/mol. The quantitative estimate of drug-likeness (QED) is 0.895. The van der Waals surface area contributed by atoms with Gasteiger partial charge in [0.15, 0.2) is 11.6 Å². The largest absolute Gasteiger partial charge is 0.487 e. The molecule has 2 aromatic carbocycles. The Morgan fingerprint density at radius 2 is 1.76 bits per heavy atom. The molecule has 0 saturated carbocycles. The normalized spacial score (nSPS) is 20.8. The second kappa shape index (κ2) is 5.83. The van der Waals surface area contributed by atoms with Gasteiger partial charge >= 0.3 is 0 Å². The van der Waals surface area contributed by atoms with Gasteiger partial charge in [0.2, 0.25) is 0 Å². The minimum atomic E-state index is -0.922. The van der Waals surface area contributed by atoms with Crippen molar-refractivity contribution in [1.82, 2.24) is 0 Å². The average Bonchev–Trinajstić information content (AvgIpc) is 2.47. The predicted molar refractivity (Wildman–Crippen MR) is 77.9 cm³/mol. The third kappa shape index (κ3) is 2.86. The van der Waals surface area contributed by atoms with Crippen molar-refractivity contribution in [3.63, 3.8) is 0 Å². The van der Waals surface area contributed by atoms with Crippen LogP contribution in [0.15, 0.2) is 41.3 Å². The number of ether oxygens (including phenoxy) is 1. The van der Waals surface area contributed by atoms with Crippen molar-refractivity contribution in [3.8, 4) is 5.75 Å². The number of fused-ring (bicyclic) bond motifs is 1. The van der Waals surface area contributed by atoms with Crippen LogP contribution in [0.1, 0.15) is 10.8 Å². The van der Waals surface area contributed by atoms with Crippen LogP contribution in [-0.4, -0.2) is 17.8 Å². The number of aliphatic hydroxyl groups excluding tert-OH is 1. The molecule has 1 heterocycles. The van der Waals surface area contributed by atoms with E-state index in [9.17, 15) is 13.9 Å². The van der Waals surface area contributed by atoms with Crippen LogP contribution in [0, 0.1) is 11.6 Å². The maximum absolute atomic E-state index is 14.0. The minimum absolute atomic E-state index is 0.0636. The van der Waals surface area contributed by atoms with E-state index in [1.54, 1.807) is 24.3 Å². The summed E-state index contributed by atoms with van der Waals surface area (Å²) >= 11 is 7.07. The molecule has 6 heteroatoms. The standard InChI is InChI=1S/C15H11ClF2O2S/c16-8-1-3-9(4-2-8)21-15-12(19)7-20-14-11(18)6-5-10(17)13(14)15/h1-6,12,15,19H,7H2/t12-,15+/m1/s1. The van der Waals surface area contributed by atoms with Crippen molar-refractivity contribution in [2.75, 3.05) is 6.61 Å². The lowest BCUT2D eigenvalue weighted by Crippen LogP contribution is -2.30. The van der Waals surface area contributed by atoms with Crippen LogP contribution in [0.2, 0.25) is 5.02 Å². The SMILES string of the molecule is O[C@@H]1COc2c(F)ccc(F)c2[C@H]1Sc1ccc(Cl)cc1. The highest BCUT2D eigenvalue weighted by Crippen LogP contribution is 2.46. The van der Waals surface area contributed by atoms with Gasteiger partial charge in [-0.1, -0.05) is 11.6 Å². The fraction of sp³-hybridized carbons (Fsp3) is 0.200. The zero-order valence-corrected chi connectivity index (χ0v) is 12.3. The van der Waals surface area contributed by atoms with E-state index in [1.165, 1.54) is 11.8 Å². The molecule has 0 unspecified atom stereocenters. The first-order valence-corrected chi connectivity index (χ1v) is 7.53. The van der Waals surface area contributed by atoms with Crippen molar-refractivity contribution in [2.24, 2.45) is 0 Å². The topological polar surface area (TPSA) is 29.5 Å². The maximum Gasteiger partial charge on any atom is 0.165 e. The van der Waals surface area contributed by atoms with E-state index in [0.29, 0.717) is 5.02 Å². The van der Waals surface area contributed by atoms with Crippen molar-refractivity contribution >= 4 is 23.4 Å². The van der Waals surface area contributed by atoms with E-state index in [4.69, 9.17) is 16.3 Å². The van der Waals surface area contributed by atoms with E-state index in [-0.39, 0.29) is 17.9 Å². The minimum Gasteiger partial charge on any atom is -0.487 e. The Balaban J connectivity index is 1.99. The summed E-state index contributed by atoms with van der Waals surface area (Å²) < 4.78 is 32.9. The molecule has 0 fully saturated rings.